The Morgan fingerprint density at radius 1 is 1.06 bits per heavy atom. The number of aliphatic hydroxyl groups is 1. The van der Waals surface area contributed by atoms with Crippen molar-refractivity contribution >= 4 is 0 Å². The van der Waals surface area contributed by atoms with Gasteiger partial charge in [0.05, 0.1) is 5.60 Å². The standard InChI is InChI=1S/C15H32O2/c1-9-12(4)15(7,8)17-13(16)14(5,6)10-11(2)3/h11-13,16H,9-10H2,1-8H3. The molecule has 0 amide bonds. The number of aliphatic hydroxyl groups excluding tert-OH is 1. The van der Waals surface area contributed by atoms with Gasteiger partial charge in [-0.05, 0) is 32.1 Å². The normalized spacial score (nSPS) is 17.3. The molecule has 17 heavy (non-hydrogen) atoms. The molecule has 0 aliphatic rings. The average Bonchev–Trinajstić information content (AvgIpc) is 2.13. The van der Waals surface area contributed by atoms with E-state index in [2.05, 4.69) is 55.4 Å². The molecule has 0 aromatic carbocycles. The number of hydrogen-bond acceptors (Lipinski definition) is 2. The molecule has 0 heterocycles. The Kier molecular flexibility index (Phi) is 6.16. The van der Waals surface area contributed by atoms with Crippen LogP contribution in [-0.2, 0) is 4.74 Å². The third kappa shape index (κ3) is 5.39. The van der Waals surface area contributed by atoms with Crippen molar-refractivity contribution in [3.8, 4) is 0 Å². The Morgan fingerprint density at radius 2 is 1.53 bits per heavy atom. The lowest BCUT2D eigenvalue weighted by Gasteiger charge is -2.40. The highest BCUT2D eigenvalue weighted by Gasteiger charge is 2.36. The topological polar surface area (TPSA) is 29.5 Å². The summed E-state index contributed by atoms with van der Waals surface area (Å²) in [5, 5.41) is 10.3. The fourth-order valence-electron chi connectivity index (χ4n) is 2.21. The first-order valence-electron chi connectivity index (χ1n) is 6.88. The van der Waals surface area contributed by atoms with E-state index in [0.717, 1.165) is 12.8 Å². The van der Waals surface area contributed by atoms with Gasteiger partial charge in [-0.3, -0.25) is 0 Å². The molecule has 2 unspecified atom stereocenters. The van der Waals surface area contributed by atoms with Crippen molar-refractivity contribution in [3.63, 3.8) is 0 Å². The molecule has 0 aromatic heterocycles. The van der Waals surface area contributed by atoms with Crippen LogP contribution >= 0.6 is 0 Å². The summed E-state index contributed by atoms with van der Waals surface area (Å²) in [6.45, 7) is 17.0. The summed E-state index contributed by atoms with van der Waals surface area (Å²) in [5.41, 5.74) is -0.471. The second kappa shape index (κ2) is 6.19. The summed E-state index contributed by atoms with van der Waals surface area (Å²) in [6, 6.07) is 0. The van der Waals surface area contributed by atoms with Crippen LogP contribution in [0.1, 0.15) is 68.2 Å². The Labute approximate surface area is 108 Å². The summed E-state index contributed by atoms with van der Waals surface area (Å²) in [5.74, 6) is 1.00. The van der Waals surface area contributed by atoms with Gasteiger partial charge in [0.15, 0.2) is 6.29 Å². The maximum absolute atomic E-state index is 10.3. The van der Waals surface area contributed by atoms with Crippen molar-refractivity contribution in [3.05, 3.63) is 0 Å². The van der Waals surface area contributed by atoms with E-state index >= 15 is 0 Å². The molecule has 0 fully saturated rings. The van der Waals surface area contributed by atoms with Crippen LogP contribution in [0.5, 0.6) is 0 Å². The Morgan fingerprint density at radius 3 is 1.88 bits per heavy atom. The molecule has 0 aliphatic carbocycles. The van der Waals surface area contributed by atoms with E-state index in [0.29, 0.717) is 11.8 Å². The number of ether oxygens (including phenoxy) is 1. The molecular weight excluding hydrogens is 212 g/mol. The molecule has 0 saturated carbocycles. The van der Waals surface area contributed by atoms with Gasteiger partial charge in [0, 0.05) is 5.41 Å². The SMILES string of the molecule is CCC(C)C(C)(C)OC(O)C(C)(C)CC(C)C. The van der Waals surface area contributed by atoms with E-state index in [4.69, 9.17) is 4.74 Å². The molecule has 2 heteroatoms. The van der Waals surface area contributed by atoms with E-state index in [9.17, 15) is 5.11 Å². The van der Waals surface area contributed by atoms with Crippen LogP contribution in [-0.4, -0.2) is 17.0 Å². The lowest BCUT2D eigenvalue weighted by molar-refractivity contribution is -0.236. The third-order valence-corrected chi connectivity index (χ3v) is 3.82. The van der Waals surface area contributed by atoms with Gasteiger partial charge >= 0.3 is 0 Å². The van der Waals surface area contributed by atoms with E-state index in [1.807, 2.05) is 0 Å². The van der Waals surface area contributed by atoms with Gasteiger partial charge in [-0.2, -0.15) is 0 Å². The summed E-state index contributed by atoms with van der Waals surface area (Å²) in [6.07, 6.45) is 1.32. The molecule has 0 radical (unpaired) electrons. The predicted octanol–water partition coefficient (Wildman–Crippen LogP) is 4.22. The smallest absolute Gasteiger partial charge is 0.160 e. The van der Waals surface area contributed by atoms with Gasteiger partial charge in [0.2, 0.25) is 0 Å². The van der Waals surface area contributed by atoms with Crippen LogP contribution in [0.3, 0.4) is 0 Å². The third-order valence-electron chi connectivity index (χ3n) is 3.82. The van der Waals surface area contributed by atoms with E-state index in [1.54, 1.807) is 0 Å². The Hall–Kier alpha value is -0.0800. The fourth-order valence-corrected chi connectivity index (χ4v) is 2.21. The van der Waals surface area contributed by atoms with E-state index in [1.165, 1.54) is 0 Å². The first-order valence-corrected chi connectivity index (χ1v) is 6.88. The van der Waals surface area contributed by atoms with Crippen molar-refractivity contribution in [1.29, 1.82) is 0 Å². The first kappa shape index (κ1) is 16.9. The quantitative estimate of drug-likeness (QED) is 0.679. The van der Waals surface area contributed by atoms with Gasteiger partial charge in [-0.25, -0.2) is 0 Å². The molecule has 0 saturated heterocycles. The zero-order valence-electron chi connectivity index (χ0n) is 13.0. The van der Waals surface area contributed by atoms with Crippen LogP contribution in [0.25, 0.3) is 0 Å². The summed E-state index contributed by atoms with van der Waals surface area (Å²) >= 11 is 0. The van der Waals surface area contributed by atoms with Crippen molar-refractivity contribution in [1.82, 2.24) is 0 Å². The fraction of sp³-hybridized carbons (Fsp3) is 1.00. The van der Waals surface area contributed by atoms with Crippen molar-refractivity contribution in [2.45, 2.75) is 80.1 Å². The van der Waals surface area contributed by atoms with Gasteiger partial charge in [0.25, 0.3) is 0 Å². The molecule has 1 N–H and O–H groups in total. The highest BCUT2D eigenvalue weighted by molar-refractivity contribution is 4.80. The minimum atomic E-state index is -0.700. The summed E-state index contributed by atoms with van der Waals surface area (Å²) in [4.78, 5) is 0. The second-order valence-electron chi connectivity index (χ2n) is 6.97. The van der Waals surface area contributed by atoms with Crippen molar-refractivity contribution in [2.24, 2.45) is 17.3 Å². The second-order valence-corrected chi connectivity index (χ2v) is 6.97. The zero-order chi connectivity index (χ0) is 13.9. The van der Waals surface area contributed by atoms with Gasteiger partial charge in [-0.15, -0.1) is 0 Å². The maximum atomic E-state index is 10.3. The van der Waals surface area contributed by atoms with Gasteiger partial charge in [0.1, 0.15) is 0 Å². The minimum Gasteiger partial charge on any atom is -0.367 e. The van der Waals surface area contributed by atoms with Crippen LogP contribution in [0, 0.1) is 17.3 Å². The highest BCUT2D eigenvalue weighted by atomic mass is 16.6. The molecule has 0 spiro atoms. The van der Waals surface area contributed by atoms with Crippen LogP contribution in [0.2, 0.25) is 0 Å². The van der Waals surface area contributed by atoms with E-state index in [-0.39, 0.29) is 11.0 Å². The molecule has 104 valence electrons. The molecular formula is C15H32O2. The highest BCUT2D eigenvalue weighted by Crippen LogP contribution is 2.34. The molecule has 0 aliphatic heterocycles. The average molecular weight is 244 g/mol. The maximum Gasteiger partial charge on any atom is 0.160 e. The monoisotopic (exact) mass is 244 g/mol. The molecule has 2 atom stereocenters. The van der Waals surface area contributed by atoms with Gasteiger partial charge in [-0.1, -0.05) is 48.0 Å². The summed E-state index contributed by atoms with van der Waals surface area (Å²) in [7, 11) is 0. The van der Waals surface area contributed by atoms with Gasteiger partial charge < -0.3 is 9.84 Å². The van der Waals surface area contributed by atoms with Crippen LogP contribution in [0.4, 0.5) is 0 Å². The molecule has 0 bridgehead atoms. The zero-order valence-corrected chi connectivity index (χ0v) is 13.0. The Bertz CT molecular complexity index is 219. The largest absolute Gasteiger partial charge is 0.367 e. The number of rotatable bonds is 7. The lowest BCUT2D eigenvalue weighted by atomic mass is 9.82. The van der Waals surface area contributed by atoms with E-state index < -0.39 is 6.29 Å². The van der Waals surface area contributed by atoms with Crippen LogP contribution in [0.15, 0.2) is 0 Å². The minimum absolute atomic E-state index is 0.196. The van der Waals surface area contributed by atoms with Crippen LogP contribution < -0.4 is 0 Å². The Balaban J connectivity index is 4.57. The molecule has 0 aromatic rings. The molecule has 0 rings (SSSR count). The summed E-state index contributed by atoms with van der Waals surface area (Å²) < 4.78 is 5.91. The van der Waals surface area contributed by atoms with Crippen molar-refractivity contribution < 1.29 is 9.84 Å². The number of hydrogen-bond donors (Lipinski definition) is 1. The molecule has 2 nitrogen and oxygen atoms in total. The first-order chi connectivity index (χ1) is 7.53. The lowest BCUT2D eigenvalue weighted by Crippen LogP contribution is -2.43. The van der Waals surface area contributed by atoms with Crippen molar-refractivity contribution in [2.75, 3.05) is 0 Å². The predicted molar refractivity (Wildman–Crippen MR) is 73.9 cm³/mol.